The molecule has 2 heterocycles. The molecule has 2 aromatic heterocycles. The number of rotatable bonds is 6. The number of hydrogen-bond acceptors (Lipinski definition) is 4. The van der Waals surface area contributed by atoms with Gasteiger partial charge in [0.15, 0.2) is 0 Å². The van der Waals surface area contributed by atoms with Gasteiger partial charge in [0.1, 0.15) is 0 Å². The monoisotopic (exact) mass is 378 g/mol. The summed E-state index contributed by atoms with van der Waals surface area (Å²) >= 11 is 1.69. The highest BCUT2D eigenvalue weighted by atomic mass is 32.1. The SMILES string of the molecule is CCN(C)C=Nc1cc(C)c(Cc2nc(-c3ccc(C)cn3)cs2)cc1C. The Hall–Kier alpha value is -2.53. The third-order valence-corrected chi connectivity index (χ3v) is 5.46. The van der Waals surface area contributed by atoms with E-state index in [1.807, 2.05) is 32.6 Å². The minimum atomic E-state index is 0.835. The molecule has 0 amide bonds. The smallest absolute Gasteiger partial charge is 0.0998 e. The average molecular weight is 379 g/mol. The van der Waals surface area contributed by atoms with E-state index in [4.69, 9.17) is 4.98 Å². The normalized spacial score (nSPS) is 11.3. The van der Waals surface area contributed by atoms with Crippen LogP contribution in [-0.2, 0) is 6.42 Å². The highest BCUT2D eigenvalue weighted by molar-refractivity contribution is 7.10. The van der Waals surface area contributed by atoms with Crippen LogP contribution in [0.2, 0.25) is 0 Å². The van der Waals surface area contributed by atoms with Gasteiger partial charge < -0.3 is 4.90 Å². The van der Waals surface area contributed by atoms with Gasteiger partial charge in [-0.05, 0) is 62.1 Å². The second-order valence-electron chi connectivity index (χ2n) is 6.91. The molecule has 0 fully saturated rings. The molecular formula is C22H26N4S. The summed E-state index contributed by atoms with van der Waals surface area (Å²) in [5.41, 5.74) is 7.81. The number of nitrogens with zero attached hydrogens (tertiary/aromatic N) is 4. The Kier molecular flexibility index (Phi) is 6.01. The quantitative estimate of drug-likeness (QED) is 0.430. The van der Waals surface area contributed by atoms with Crippen molar-refractivity contribution in [2.45, 2.75) is 34.1 Å². The topological polar surface area (TPSA) is 41.4 Å². The Morgan fingerprint density at radius 3 is 2.63 bits per heavy atom. The van der Waals surface area contributed by atoms with Crippen molar-refractivity contribution in [1.29, 1.82) is 0 Å². The lowest BCUT2D eigenvalue weighted by Gasteiger charge is -2.11. The predicted octanol–water partition coefficient (Wildman–Crippen LogP) is 5.33. The van der Waals surface area contributed by atoms with Crippen molar-refractivity contribution in [3.8, 4) is 11.4 Å². The van der Waals surface area contributed by atoms with Crippen LogP contribution in [0.1, 0.15) is 34.2 Å². The van der Waals surface area contributed by atoms with Crippen LogP contribution in [0.3, 0.4) is 0 Å². The van der Waals surface area contributed by atoms with Crippen molar-refractivity contribution in [2.24, 2.45) is 4.99 Å². The summed E-state index contributed by atoms with van der Waals surface area (Å²) in [5, 5.41) is 3.20. The summed E-state index contributed by atoms with van der Waals surface area (Å²) in [6.07, 6.45) is 4.61. The number of thiazole rings is 1. The van der Waals surface area contributed by atoms with Gasteiger partial charge in [0, 0.05) is 31.6 Å². The molecule has 0 unspecified atom stereocenters. The molecule has 0 saturated carbocycles. The zero-order chi connectivity index (χ0) is 19.4. The number of hydrogen-bond donors (Lipinski definition) is 0. The summed E-state index contributed by atoms with van der Waals surface area (Å²) in [6, 6.07) is 8.51. The molecule has 0 radical (unpaired) electrons. The molecule has 0 aliphatic heterocycles. The molecule has 27 heavy (non-hydrogen) atoms. The highest BCUT2D eigenvalue weighted by Crippen LogP contribution is 2.27. The largest absolute Gasteiger partial charge is 0.366 e. The van der Waals surface area contributed by atoms with E-state index in [1.165, 1.54) is 16.7 Å². The van der Waals surface area contributed by atoms with Crippen LogP contribution in [0.5, 0.6) is 0 Å². The Morgan fingerprint density at radius 1 is 1.11 bits per heavy atom. The summed E-state index contributed by atoms with van der Waals surface area (Å²) < 4.78 is 0. The fraction of sp³-hybridized carbons (Fsp3) is 0.318. The van der Waals surface area contributed by atoms with Gasteiger partial charge in [0.25, 0.3) is 0 Å². The Labute approximate surface area is 165 Å². The first-order valence-corrected chi connectivity index (χ1v) is 10.1. The third-order valence-electron chi connectivity index (χ3n) is 4.61. The second kappa shape index (κ2) is 8.44. The number of aryl methyl sites for hydroxylation is 3. The molecule has 1 aromatic carbocycles. The standard InChI is InChI=1S/C22H26N4S/c1-6-26(5)14-24-20-10-16(3)18(9-17(20)4)11-22-25-21(13-27-22)19-8-7-15(2)12-23-19/h7-10,12-14H,6,11H2,1-5H3. The second-order valence-corrected chi connectivity index (χ2v) is 7.85. The zero-order valence-corrected chi connectivity index (χ0v) is 17.5. The Balaban J connectivity index is 1.79. The van der Waals surface area contributed by atoms with Gasteiger partial charge in [-0.2, -0.15) is 0 Å². The number of aliphatic imine (C=N–C) groups is 1. The fourth-order valence-electron chi connectivity index (χ4n) is 2.72. The lowest BCUT2D eigenvalue weighted by molar-refractivity contribution is 0.552. The third kappa shape index (κ3) is 4.80. The lowest BCUT2D eigenvalue weighted by Crippen LogP contribution is -2.14. The van der Waals surface area contributed by atoms with Gasteiger partial charge >= 0.3 is 0 Å². The fourth-order valence-corrected chi connectivity index (χ4v) is 3.54. The van der Waals surface area contributed by atoms with E-state index in [0.717, 1.165) is 40.6 Å². The van der Waals surface area contributed by atoms with Crippen LogP contribution in [0.4, 0.5) is 5.69 Å². The van der Waals surface area contributed by atoms with Crippen molar-refractivity contribution in [3.05, 3.63) is 63.1 Å². The summed E-state index contributed by atoms with van der Waals surface area (Å²) in [5.74, 6) is 0. The van der Waals surface area contributed by atoms with Gasteiger partial charge in [-0.25, -0.2) is 9.98 Å². The predicted molar refractivity (Wildman–Crippen MR) is 115 cm³/mol. The maximum atomic E-state index is 4.79. The molecule has 5 heteroatoms. The number of aromatic nitrogens is 2. The number of benzene rings is 1. The highest BCUT2D eigenvalue weighted by Gasteiger charge is 2.10. The molecule has 0 N–H and O–H groups in total. The van der Waals surface area contributed by atoms with Gasteiger partial charge in [0.05, 0.1) is 28.4 Å². The average Bonchev–Trinajstić information content (AvgIpc) is 3.12. The minimum absolute atomic E-state index is 0.835. The van der Waals surface area contributed by atoms with Crippen molar-refractivity contribution in [1.82, 2.24) is 14.9 Å². The molecule has 0 spiro atoms. The van der Waals surface area contributed by atoms with E-state index >= 15 is 0 Å². The van der Waals surface area contributed by atoms with Gasteiger partial charge in [-0.3, -0.25) is 4.98 Å². The summed E-state index contributed by atoms with van der Waals surface area (Å²) in [7, 11) is 2.03. The maximum absolute atomic E-state index is 4.79. The minimum Gasteiger partial charge on any atom is -0.366 e. The van der Waals surface area contributed by atoms with Crippen molar-refractivity contribution in [2.75, 3.05) is 13.6 Å². The molecule has 4 nitrogen and oxygen atoms in total. The van der Waals surface area contributed by atoms with E-state index in [2.05, 4.69) is 59.2 Å². The van der Waals surface area contributed by atoms with E-state index in [0.29, 0.717) is 0 Å². The van der Waals surface area contributed by atoms with E-state index in [1.54, 1.807) is 11.3 Å². The molecule has 140 valence electrons. The molecule has 3 rings (SSSR count). The van der Waals surface area contributed by atoms with Gasteiger partial charge in [-0.15, -0.1) is 11.3 Å². The van der Waals surface area contributed by atoms with Crippen LogP contribution < -0.4 is 0 Å². The molecule has 0 bridgehead atoms. The summed E-state index contributed by atoms with van der Waals surface area (Å²) in [6.45, 7) is 9.37. The van der Waals surface area contributed by atoms with E-state index in [-0.39, 0.29) is 0 Å². The number of pyridine rings is 1. The molecular weight excluding hydrogens is 352 g/mol. The van der Waals surface area contributed by atoms with Crippen LogP contribution in [-0.4, -0.2) is 34.8 Å². The van der Waals surface area contributed by atoms with Crippen molar-refractivity contribution in [3.63, 3.8) is 0 Å². The zero-order valence-electron chi connectivity index (χ0n) is 16.7. The first-order valence-electron chi connectivity index (χ1n) is 9.18. The van der Waals surface area contributed by atoms with Crippen LogP contribution in [0, 0.1) is 20.8 Å². The van der Waals surface area contributed by atoms with Crippen LogP contribution in [0.25, 0.3) is 11.4 Å². The molecule has 3 aromatic rings. The molecule has 0 saturated heterocycles. The molecule has 0 atom stereocenters. The Bertz CT molecular complexity index is 941. The Morgan fingerprint density at radius 2 is 1.93 bits per heavy atom. The maximum Gasteiger partial charge on any atom is 0.0998 e. The first kappa shape index (κ1) is 19.2. The first-order chi connectivity index (χ1) is 13.0. The van der Waals surface area contributed by atoms with Crippen LogP contribution >= 0.6 is 11.3 Å². The van der Waals surface area contributed by atoms with Gasteiger partial charge in [-0.1, -0.05) is 12.1 Å². The van der Waals surface area contributed by atoms with Gasteiger partial charge in [0.2, 0.25) is 0 Å². The van der Waals surface area contributed by atoms with Crippen molar-refractivity contribution >= 4 is 23.4 Å². The van der Waals surface area contributed by atoms with Crippen LogP contribution in [0.15, 0.2) is 40.8 Å². The van der Waals surface area contributed by atoms with E-state index < -0.39 is 0 Å². The molecule has 0 aliphatic rings. The van der Waals surface area contributed by atoms with Crippen molar-refractivity contribution < 1.29 is 0 Å². The van der Waals surface area contributed by atoms with E-state index in [9.17, 15) is 0 Å². The molecule has 0 aliphatic carbocycles. The lowest BCUT2D eigenvalue weighted by atomic mass is 10.0. The summed E-state index contributed by atoms with van der Waals surface area (Å²) in [4.78, 5) is 16.0.